The summed E-state index contributed by atoms with van der Waals surface area (Å²) in [5, 5.41) is 0.537. The standard InChI is InChI=1S/C12H22BrF2NO/c1-3-5-6-10(4-2)12(17)16(8-7-13)9-11(14)15/h10-11H,3-9H2,1-2H3. The average molecular weight is 314 g/mol. The van der Waals surface area contributed by atoms with Crippen LogP contribution in [0.15, 0.2) is 0 Å². The summed E-state index contributed by atoms with van der Waals surface area (Å²) in [4.78, 5) is 13.4. The van der Waals surface area contributed by atoms with Gasteiger partial charge in [-0.2, -0.15) is 0 Å². The fourth-order valence-electron chi connectivity index (χ4n) is 1.77. The summed E-state index contributed by atoms with van der Waals surface area (Å²) in [5.74, 6) is -0.228. The maximum atomic E-state index is 12.4. The van der Waals surface area contributed by atoms with Gasteiger partial charge in [0.2, 0.25) is 5.91 Å². The topological polar surface area (TPSA) is 20.3 Å². The van der Waals surface area contributed by atoms with Crippen LogP contribution in [-0.4, -0.2) is 35.7 Å². The fraction of sp³-hybridized carbons (Fsp3) is 0.917. The molecule has 1 unspecified atom stereocenters. The zero-order valence-electron chi connectivity index (χ0n) is 10.6. The third kappa shape index (κ3) is 6.96. The lowest BCUT2D eigenvalue weighted by Gasteiger charge is -2.26. The first-order chi connectivity index (χ1) is 8.06. The molecule has 0 radical (unpaired) electrons. The zero-order chi connectivity index (χ0) is 13.3. The number of halogens is 3. The predicted molar refractivity (Wildman–Crippen MR) is 69.7 cm³/mol. The second-order valence-electron chi connectivity index (χ2n) is 4.11. The van der Waals surface area contributed by atoms with E-state index in [1.54, 1.807) is 0 Å². The molecular formula is C12H22BrF2NO. The Kier molecular flexibility index (Phi) is 9.69. The van der Waals surface area contributed by atoms with Gasteiger partial charge in [-0.25, -0.2) is 8.78 Å². The molecule has 0 aliphatic heterocycles. The van der Waals surface area contributed by atoms with E-state index in [1.807, 2.05) is 6.92 Å². The monoisotopic (exact) mass is 313 g/mol. The number of hydrogen-bond donors (Lipinski definition) is 0. The van der Waals surface area contributed by atoms with E-state index in [-0.39, 0.29) is 11.8 Å². The van der Waals surface area contributed by atoms with E-state index in [4.69, 9.17) is 0 Å². The summed E-state index contributed by atoms with van der Waals surface area (Å²) >= 11 is 3.19. The van der Waals surface area contributed by atoms with Gasteiger partial charge < -0.3 is 4.90 Å². The Morgan fingerprint density at radius 3 is 2.41 bits per heavy atom. The molecule has 0 aromatic carbocycles. The van der Waals surface area contributed by atoms with Crippen molar-refractivity contribution in [1.82, 2.24) is 4.90 Å². The van der Waals surface area contributed by atoms with Crippen molar-refractivity contribution in [3.8, 4) is 0 Å². The Labute approximate surface area is 111 Å². The predicted octanol–water partition coefficient (Wildman–Crippen LogP) is 3.69. The van der Waals surface area contributed by atoms with Crippen molar-refractivity contribution in [2.75, 3.05) is 18.4 Å². The van der Waals surface area contributed by atoms with Gasteiger partial charge >= 0.3 is 0 Å². The van der Waals surface area contributed by atoms with Gasteiger partial charge in [-0.05, 0) is 12.8 Å². The highest BCUT2D eigenvalue weighted by Gasteiger charge is 2.24. The quantitative estimate of drug-likeness (QED) is 0.594. The number of amides is 1. The maximum absolute atomic E-state index is 12.4. The van der Waals surface area contributed by atoms with E-state index in [2.05, 4.69) is 22.9 Å². The Morgan fingerprint density at radius 1 is 1.35 bits per heavy atom. The summed E-state index contributed by atoms with van der Waals surface area (Å²) in [5.41, 5.74) is 0. The van der Waals surface area contributed by atoms with Gasteiger partial charge in [0, 0.05) is 17.8 Å². The molecule has 0 aliphatic carbocycles. The lowest BCUT2D eigenvalue weighted by atomic mass is 9.98. The van der Waals surface area contributed by atoms with Gasteiger partial charge in [-0.3, -0.25) is 4.79 Å². The number of carbonyl (C=O) groups excluding carboxylic acids is 1. The Hall–Kier alpha value is -0.190. The normalized spacial score (nSPS) is 12.8. The third-order valence-electron chi connectivity index (χ3n) is 2.77. The first kappa shape index (κ1) is 16.8. The largest absolute Gasteiger partial charge is 0.336 e. The number of rotatable bonds is 9. The summed E-state index contributed by atoms with van der Waals surface area (Å²) in [7, 11) is 0. The molecule has 0 bridgehead atoms. The highest BCUT2D eigenvalue weighted by molar-refractivity contribution is 9.09. The molecule has 0 aromatic heterocycles. The number of hydrogen-bond acceptors (Lipinski definition) is 1. The SMILES string of the molecule is CCCCC(CC)C(=O)N(CCBr)CC(F)F. The molecule has 0 fully saturated rings. The van der Waals surface area contributed by atoms with Crippen LogP contribution in [-0.2, 0) is 4.79 Å². The number of nitrogens with zero attached hydrogens (tertiary/aromatic N) is 1. The Bertz CT molecular complexity index is 215. The van der Waals surface area contributed by atoms with Crippen molar-refractivity contribution >= 4 is 21.8 Å². The molecule has 1 atom stereocenters. The Balaban J connectivity index is 4.43. The molecule has 0 rings (SSSR count). The van der Waals surface area contributed by atoms with Gasteiger partial charge in [-0.15, -0.1) is 0 Å². The molecule has 17 heavy (non-hydrogen) atoms. The summed E-state index contributed by atoms with van der Waals surface area (Å²) in [6.07, 6.45) is 1.06. The molecule has 2 nitrogen and oxygen atoms in total. The second kappa shape index (κ2) is 9.80. The molecule has 0 heterocycles. The molecule has 0 aromatic rings. The maximum Gasteiger partial charge on any atom is 0.255 e. The minimum atomic E-state index is -2.46. The van der Waals surface area contributed by atoms with Gasteiger partial charge in [0.05, 0.1) is 6.54 Å². The van der Waals surface area contributed by atoms with Crippen molar-refractivity contribution in [1.29, 1.82) is 0 Å². The average Bonchev–Trinajstić information content (AvgIpc) is 2.28. The van der Waals surface area contributed by atoms with E-state index >= 15 is 0 Å². The van der Waals surface area contributed by atoms with Crippen LogP contribution < -0.4 is 0 Å². The van der Waals surface area contributed by atoms with E-state index in [1.165, 1.54) is 4.90 Å². The van der Waals surface area contributed by atoms with Crippen molar-refractivity contribution < 1.29 is 13.6 Å². The van der Waals surface area contributed by atoms with Crippen molar-refractivity contribution in [3.05, 3.63) is 0 Å². The molecule has 0 spiro atoms. The fourth-order valence-corrected chi connectivity index (χ4v) is 2.20. The van der Waals surface area contributed by atoms with Crippen molar-refractivity contribution in [2.45, 2.75) is 46.0 Å². The van der Waals surface area contributed by atoms with Gasteiger partial charge in [0.15, 0.2) is 0 Å². The highest BCUT2D eigenvalue weighted by Crippen LogP contribution is 2.16. The highest BCUT2D eigenvalue weighted by atomic mass is 79.9. The van der Waals surface area contributed by atoms with Crippen LogP contribution in [0.4, 0.5) is 8.78 Å². The van der Waals surface area contributed by atoms with Gasteiger partial charge in [0.1, 0.15) is 0 Å². The van der Waals surface area contributed by atoms with Crippen LogP contribution in [0, 0.1) is 5.92 Å². The molecule has 1 amide bonds. The van der Waals surface area contributed by atoms with E-state index < -0.39 is 13.0 Å². The van der Waals surface area contributed by atoms with E-state index in [0.717, 1.165) is 25.7 Å². The van der Waals surface area contributed by atoms with Crippen LogP contribution >= 0.6 is 15.9 Å². The van der Waals surface area contributed by atoms with Crippen LogP contribution in [0.25, 0.3) is 0 Å². The van der Waals surface area contributed by atoms with Crippen molar-refractivity contribution in [3.63, 3.8) is 0 Å². The van der Waals surface area contributed by atoms with E-state index in [9.17, 15) is 13.6 Å². The Morgan fingerprint density at radius 2 is 2.00 bits per heavy atom. The minimum absolute atomic E-state index is 0.104. The van der Waals surface area contributed by atoms with E-state index in [0.29, 0.717) is 11.9 Å². The van der Waals surface area contributed by atoms with Gasteiger partial charge in [0.25, 0.3) is 6.43 Å². The molecule has 5 heteroatoms. The van der Waals surface area contributed by atoms with Crippen LogP contribution in [0.2, 0.25) is 0 Å². The van der Waals surface area contributed by atoms with Crippen LogP contribution in [0.3, 0.4) is 0 Å². The number of carbonyl (C=O) groups is 1. The molecule has 0 saturated heterocycles. The minimum Gasteiger partial charge on any atom is -0.336 e. The number of unbranched alkanes of at least 4 members (excludes halogenated alkanes) is 1. The van der Waals surface area contributed by atoms with Gasteiger partial charge in [-0.1, -0.05) is 42.6 Å². The summed E-state index contributed by atoms with van der Waals surface area (Å²) in [6, 6.07) is 0. The molecule has 0 saturated carbocycles. The first-order valence-corrected chi connectivity index (χ1v) is 7.31. The molecule has 0 N–H and O–H groups in total. The third-order valence-corrected chi connectivity index (χ3v) is 3.13. The zero-order valence-corrected chi connectivity index (χ0v) is 12.2. The number of alkyl halides is 3. The second-order valence-corrected chi connectivity index (χ2v) is 4.90. The lowest BCUT2D eigenvalue weighted by Crippen LogP contribution is -2.40. The smallest absolute Gasteiger partial charge is 0.255 e. The van der Waals surface area contributed by atoms with Crippen molar-refractivity contribution in [2.24, 2.45) is 5.92 Å². The van der Waals surface area contributed by atoms with Crippen LogP contribution in [0.5, 0.6) is 0 Å². The summed E-state index contributed by atoms with van der Waals surface area (Å²) < 4.78 is 24.8. The molecular weight excluding hydrogens is 292 g/mol. The summed E-state index contributed by atoms with van der Waals surface area (Å²) in [6.45, 7) is 3.90. The first-order valence-electron chi connectivity index (χ1n) is 6.19. The molecule has 0 aliphatic rings. The lowest BCUT2D eigenvalue weighted by molar-refractivity contribution is -0.137. The molecule has 102 valence electrons. The van der Waals surface area contributed by atoms with Crippen LogP contribution in [0.1, 0.15) is 39.5 Å².